The minimum Gasteiger partial charge on any atom is -0.512 e. The van der Waals surface area contributed by atoms with Crippen LogP contribution in [-0.2, 0) is 61.8 Å². The van der Waals surface area contributed by atoms with Crippen molar-refractivity contribution in [3.8, 4) is 0 Å². The summed E-state index contributed by atoms with van der Waals surface area (Å²) in [4.78, 5) is 0. The molecule has 0 aromatic rings. The van der Waals surface area contributed by atoms with Crippen molar-refractivity contribution in [1.82, 2.24) is 16.0 Å². The van der Waals surface area contributed by atoms with Gasteiger partial charge in [0.2, 0.25) is 0 Å². The van der Waals surface area contributed by atoms with E-state index >= 15 is 0 Å². The Morgan fingerprint density at radius 1 is 0.500 bits per heavy atom. The molecule has 0 saturated heterocycles. The van der Waals surface area contributed by atoms with Crippen molar-refractivity contribution in [3.05, 3.63) is 26.3 Å². The molecular formula is C12H23Au2CuN9. The summed E-state index contributed by atoms with van der Waals surface area (Å²) in [6, 6.07) is 0. The van der Waals surface area contributed by atoms with Gasteiger partial charge in [0.05, 0.1) is 0 Å². The number of rotatable bonds is 10. The van der Waals surface area contributed by atoms with Crippen molar-refractivity contribution in [2.24, 2.45) is 11.5 Å². The van der Waals surface area contributed by atoms with Crippen LogP contribution in [0.3, 0.4) is 0 Å². The van der Waals surface area contributed by atoms with Gasteiger partial charge in [-0.3, -0.25) is 0 Å². The first kappa shape index (κ1) is 49.6. The van der Waals surface area contributed by atoms with Crippen LogP contribution in [0, 0.1) is 47.3 Å². The Balaban J connectivity index is -0.0000000339. The Bertz CT molecular complexity index is 192. The predicted octanol–water partition coefficient (Wildman–Crippen LogP) is -1.95. The molecule has 24 heavy (non-hydrogen) atoms. The molecule has 0 heterocycles. The standard InChI is InChI=1S/C8H23N5.4CN.2Au.Cu/c9-1-3-11-5-7-13-8-6-12-4-2-10;4*1-2;;;/h11-13H,1-10H2;;;;;;;/q;4*-1;2*+1;+2. The maximum atomic E-state index is 6.25. The summed E-state index contributed by atoms with van der Waals surface area (Å²) in [6.07, 6.45) is 0. The molecule has 0 rings (SSSR count). The second-order valence-corrected chi connectivity index (χ2v) is 2.83. The monoisotopic (exact) mass is 750 g/mol. The molecule has 0 saturated carbocycles. The van der Waals surface area contributed by atoms with Crippen molar-refractivity contribution in [2.45, 2.75) is 0 Å². The Morgan fingerprint density at radius 3 is 0.833 bits per heavy atom. The first-order valence-electron chi connectivity index (χ1n) is 5.83. The van der Waals surface area contributed by atoms with Crippen LogP contribution in [0.2, 0.25) is 0 Å². The van der Waals surface area contributed by atoms with Crippen molar-refractivity contribution >= 4 is 0 Å². The third-order valence-corrected chi connectivity index (χ3v) is 1.60. The van der Waals surface area contributed by atoms with Gasteiger partial charge in [0.25, 0.3) is 0 Å². The minimum atomic E-state index is 0. The summed E-state index contributed by atoms with van der Waals surface area (Å²) in [5, 5.41) is 34.7. The fourth-order valence-electron chi connectivity index (χ4n) is 0.933. The molecular weight excluding hydrogens is 728 g/mol. The summed E-state index contributed by atoms with van der Waals surface area (Å²) < 4.78 is 0. The first-order valence-corrected chi connectivity index (χ1v) is 5.83. The Labute approximate surface area is 188 Å². The van der Waals surface area contributed by atoms with Gasteiger partial charge < -0.3 is 74.8 Å². The topological polar surface area (TPSA) is 183 Å². The van der Waals surface area contributed by atoms with E-state index in [9.17, 15) is 0 Å². The molecule has 12 heteroatoms. The molecule has 0 aromatic carbocycles. The largest absolute Gasteiger partial charge is 2.00 e. The molecule has 0 atom stereocenters. The molecule has 0 aliphatic carbocycles. The summed E-state index contributed by atoms with van der Waals surface area (Å²) in [6.45, 7) is 26.1. The summed E-state index contributed by atoms with van der Waals surface area (Å²) in [5.74, 6) is 0. The van der Waals surface area contributed by atoms with Crippen LogP contribution in [0.4, 0.5) is 0 Å². The van der Waals surface area contributed by atoms with Gasteiger partial charge in [-0.2, -0.15) is 0 Å². The summed E-state index contributed by atoms with van der Waals surface area (Å²) >= 11 is 0. The molecule has 0 bridgehead atoms. The molecule has 9 nitrogen and oxygen atoms in total. The number of hydrogen-bond acceptors (Lipinski definition) is 9. The van der Waals surface area contributed by atoms with Crippen LogP contribution in [0.5, 0.6) is 0 Å². The molecule has 7 N–H and O–H groups in total. The van der Waals surface area contributed by atoms with Crippen LogP contribution in [-0.4, -0.2) is 52.4 Å². The van der Waals surface area contributed by atoms with Gasteiger partial charge >= 0.3 is 61.8 Å². The van der Waals surface area contributed by atoms with Gasteiger partial charge in [0.1, 0.15) is 0 Å². The number of nitrogens with zero attached hydrogens (tertiary/aromatic N) is 4. The molecule has 0 aliphatic rings. The van der Waals surface area contributed by atoms with E-state index in [-0.39, 0.29) is 61.8 Å². The van der Waals surface area contributed by atoms with Crippen molar-refractivity contribution in [1.29, 1.82) is 21.0 Å². The van der Waals surface area contributed by atoms with E-state index in [0.717, 1.165) is 39.3 Å². The van der Waals surface area contributed by atoms with Crippen LogP contribution < -0.4 is 27.4 Å². The molecule has 0 aromatic heterocycles. The van der Waals surface area contributed by atoms with E-state index in [4.69, 9.17) is 58.8 Å². The van der Waals surface area contributed by atoms with Crippen LogP contribution >= 0.6 is 0 Å². The third-order valence-electron chi connectivity index (χ3n) is 1.60. The normalized spacial score (nSPS) is 6.08. The Hall–Kier alpha value is -0.240. The van der Waals surface area contributed by atoms with Crippen LogP contribution in [0.25, 0.3) is 0 Å². The average Bonchev–Trinajstić information content (AvgIpc) is 2.61. The third kappa shape index (κ3) is 98.4. The van der Waals surface area contributed by atoms with Gasteiger partial charge in [-0.15, -0.1) is 0 Å². The fraction of sp³-hybridized carbons (Fsp3) is 0.667. The molecule has 149 valence electrons. The molecule has 0 unspecified atom stereocenters. The van der Waals surface area contributed by atoms with E-state index in [1.807, 2.05) is 0 Å². The Morgan fingerprint density at radius 2 is 0.667 bits per heavy atom. The second-order valence-electron chi connectivity index (χ2n) is 2.83. The van der Waals surface area contributed by atoms with E-state index in [2.05, 4.69) is 16.0 Å². The van der Waals surface area contributed by atoms with Gasteiger partial charge in [-0.05, 0) is 0 Å². The zero-order chi connectivity index (χ0) is 17.8. The van der Waals surface area contributed by atoms with E-state index in [1.54, 1.807) is 0 Å². The minimum absolute atomic E-state index is 0. The summed E-state index contributed by atoms with van der Waals surface area (Å²) in [7, 11) is 0. The van der Waals surface area contributed by atoms with E-state index in [0.29, 0.717) is 13.1 Å². The smallest absolute Gasteiger partial charge is 0.512 e. The summed E-state index contributed by atoms with van der Waals surface area (Å²) in [5.41, 5.74) is 10.6. The molecule has 0 spiro atoms. The van der Waals surface area contributed by atoms with Crippen LogP contribution in [0.15, 0.2) is 0 Å². The zero-order valence-electron chi connectivity index (χ0n) is 13.0. The predicted molar refractivity (Wildman–Crippen MR) is 76.6 cm³/mol. The van der Waals surface area contributed by atoms with Crippen LogP contribution in [0.1, 0.15) is 0 Å². The number of nitrogens with one attached hydrogen (secondary N) is 3. The van der Waals surface area contributed by atoms with E-state index in [1.165, 1.54) is 0 Å². The zero-order valence-corrected chi connectivity index (χ0v) is 18.3. The maximum Gasteiger partial charge on any atom is 2.00 e. The van der Waals surface area contributed by atoms with Crippen molar-refractivity contribution in [2.75, 3.05) is 52.4 Å². The Kier molecular flexibility index (Phi) is 192. The van der Waals surface area contributed by atoms with Gasteiger partial charge in [0.15, 0.2) is 0 Å². The van der Waals surface area contributed by atoms with Gasteiger partial charge in [-0.25, -0.2) is 0 Å². The van der Waals surface area contributed by atoms with Gasteiger partial charge in [0, 0.05) is 52.4 Å². The van der Waals surface area contributed by atoms with Crippen molar-refractivity contribution < 1.29 is 61.8 Å². The first-order chi connectivity index (χ1) is 10.4. The maximum absolute atomic E-state index is 6.25. The number of hydrogen-bond donors (Lipinski definition) is 5. The second kappa shape index (κ2) is 93.1. The SMILES string of the molecule is NCCNCCNCCNCCN.[Au+].[Au+].[C-]#N.[C-]#N.[C-]#N.[C-]#N.[Cu+2]. The van der Waals surface area contributed by atoms with Gasteiger partial charge in [-0.1, -0.05) is 0 Å². The van der Waals surface area contributed by atoms with Crippen molar-refractivity contribution in [3.63, 3.8) is 0 Å². The van der Waals surface area contributed by atoms with E-state index < -0.39 is 0 Å². The molecule has 0 fully saturated rings. The molecule has 0 amide bonds. The molecule has 0 aliphatic heterocycles. The fourth-order valence-corrected chi connectivity index (χ4v) is 0.933. The molecule has 1 radical (unpaired) electrons. The average molecular weight is 751 g/mol. The number of nitrogens with two attached hydrogens (primary N) is 2. The quantitative estimate of drug-likeness (QED) is 0.0964.